The third kappa shape index (κ3) is 17.0. The maximum absolute atomic E-state index is 4.52. The van der Waals surface area contributed by atoms with Gasteiger partial charge in [-0.05, 0) is 108 Å². The zero-order chi connectivity index (χ0) is 42.7. The molecular weight excluding hydrogens is 935 g/mol. The van der Waals surface area contributed by atoms with Crippen molar-refractivity contribution in [3.05, 3.63) is 285 Å². The SMILES string of the molecule is CC(C)(C)c1cc[c-]cc1.Cc1ccc([N-]c2ccc(C)cc2)cc1.[CH]1[CH][CH][C](P(c2ccccc2)c2ccccc2)[CH]1.[CH]1[CH][CH][C](P(c2ccccc2)c2ccccc2)[CH]1.[Fe+2].[Pd+2]. The van der Waals surface area contributed by atoms with Gasteiger partial charge in [-0.3, -0.25) is 0 Å². The summed E-state index contributed by atoms with van der Waals surface area (Å²) in [5.74, 6) is 0. The minimum absolute atomic E-state index is 0. The van der Waals surface area contributed by atoms with Crippen LogP contribution in [0.3, 0.4) is 0 Å². The van der Waals surface area contributed by atoms with Crippen LogP contribution in [0.5, 0.6) is 0 Å². The Kier molecular flexibility index (Phi) is 22.8. The molecule has 0 unspecified atom stereocenters. The fourth-order valence-electron chi connectivity index (χ4n) is 6.50. The molecule has 0 amide bonds. The van der Waals surface area contributed by atoms with Crippen LogP contribution in [0.4, 0.5) is 11.4 Å². The molecule has 0 bridgehead atoms. The van der Waals surface area contributed by atoms with E-state index in [1.165, 1.54) is 49.2 Å². The van der Waals surface area contributed by atoms with Gasteiger partial charge in [-0.2, -0.15) is 35.9 Å². The van der Waals surface area contributed by atoms with Crippen LogP contribution < -0.4 is 21.2 Å². The minimum Gasteiger partial charge on any atom is -0.658 e. The summed E-state index contributed by atoms with van der Waals surface area (Å²) in [6.45, 7) is 10.8. The maximum Gasteiger partial charge on any atom is 2.00 e. The topological polar surface area (TPSA) is 14.1 Å². The van der Waals surface area contributed by atoms with Gasteiger partial charge in [0, 0.05) is 11.3 Å². The zero-order valence-corrected chi connectivity index (χ0v) is 41.1. The van der Waals surface area contributed by atoms with Crippen molar-refractivity contribution in [2.24, 2.45) is 0 Å². The van der Waals surface area contributed by atoms with Crippen molar-refractivity contribution in [1.29, 1.82) is 0 Å². The van der Waals surface area contributed by atoms with Crippen molar-refractivity contribution in [3.8, 4) is 0 Å². The molecule has 9 rings (SSSR count). The Morgan fingerprint density at radius 2 is 0.683 bits per heavy atom. The molecule has 1 nitrogen and oxygen atoms in total. The first kappa shape index (κ1) is 52.0. The summed E-state index contributed by atoms with van der Waals surface area (Å²) >= 11 is 0. The second-order valence-electron chi connectivity index (χ2n) is 15.6. The molecule has 0 spiro atoms. The summed E-state index contributed by atoms with van der Waals surface area (Å²) in [6, 6.07) is 70.7. The van der Waals surface area contributed by atoms with E-state index in [0.29, 0.717) is 0 Å². The summed E-state index contributed by atoms with van der Waals surface area (Å²) in [5, 5.41) is 10.2. The zero-order valence-electron chi connectivity index (χ0n) is 36.6. The second kappa shape index (κ2) is 27.6. The predicted molar refractivity (Wildman–Crippen MR) is 268 cm³/mol. The van der Waals surface area contributed by atoms with Gasteiger partial charge in [0.1, 0.15) is 0 Å². The summed E-state index contributed by atoms with van der Waals surface area (Å²) in [7, 11) is -0.818. The molecule has 2 fully saturated rings. The third-order valence-electron chi connectivity index (χ3n) is 9.77. The fourth-order valence-corrected chi connectivity index (χ4v) is 11.1. The number of rotatable bonds is 8. The average Bonchev–Trinajstić information content (AvgIpc) is 4.04. The largest absolute Gasteiger partial charge is 2.00 e. The van der Waals surface area contributed by atoms with E-state index in [2.05, 4.69) is 255 Å². The molecule has 0 heterocycles. The number of hydrogen-bond acceptors (Lipinski definition) is 0. The van der Waals surface area contributed by atoms with E-state index in [4.69, 9.17) is 0 Å². The molecule has 0 saturated heterocycles. The van der Waals surface area contributed by atoms with Gasteiger partial charge in [-0.1, -0.05) is 202 Å². The van der Waals surface area contributed by atoms with E-state index in [1.807, 2.05) is 36.4 Å². The van der Waals surface area contributed by atoms with Crippen LogP contribution in [0.1, 0.15) is 37.5 Å². The van der Waals surface area contributed by atoms with Gasteiger partial charge in [-0.25, -0.2) is 0 Å². The number of aryl methyl sites for hydroxylation is 2. The monoisotopic (exact) mass is 989 g/mol. The smallest absolute Gasteiger partial charge is 0.658 e. The van der Waals surface area contributed by atoms with Gasteiger partial charge in [0.05, 0.1) is 0 Å². The molecule has 2 aliphatic rings. The molecule has 0 atom stereocenters. The fraction of sp³-hybridized carbons (Fsp3) is 0.103. The molecule has 7 aromatic rings. The van der Waals surface area contributed by atoms with E-state index in [0.717, 1.165) is 11.4 Å². The van der Waals surface area contributed by atoms with E-state index in [1.54, 1.807) is 0 Å². The van der Waals surface area contributed by atoms with Crippen LogP contribution in [0.25, 0.3) is 5.32 Å². The van der Waals surface area contributed by atoms with Gasteiger partial charge >= 0.3 is 37.5 Å². The molecule has 10 radical (unpaired) electrons. The molecule has 5 heteroatoms. The molecule has 0 N–H and O–H groups in total. The first-order valence-electron chi connectivity index (χ1n) is 20.8. The van der Waals surface area contributed by atoms with E-state index < -0.39 is 15.8 Å². The summed E-state index contributed by atoms with van der Waals surface area (Å²) in [6.07, 6.45) is 17.4. The van der Waals surface area contributed by atoms with E-state index in [-0.39, 0.29) is 42.9 Å². The first-order chi connectivity index (χ1) is 29.7. The Bertz CT molecular complexity index is 2000. The predicted octanol–water partition coefficient (Wildman–Crippen LogP) is 14.4. The van der Waals surface area contributed by atoms with Crippen molar-refractivity contribution in [2.75, 3.05) is 0 Å². The Hall–Kier alpha value is -3.62. The molecule has 2 aliphatic carbocycles. The van der Waals surface area contributed by atoms with Gasteiger partial charge in [-0.15, -0.1) is 11.4 Å². The minimum atomic E-state index is -0.409. The Morgan fingerprint density at radius 1 is 0.397 bits per heavy atom. The maximum atomic E-state index is 4.52. The third-order valence-corrected chi connectivity index (χ3v) is 14.7. The molecule has 63 heavy (non-hydrogen) atoms. The van der Waals surface area contributed by atoms with Crippen LogP contribution in [-0.2, 0) is 42.9 Å². The van der Waals surface area contributed by atoms with Crippen molar-refractivity contribution >= 4 is 48.4 Å². The summed E-state index contributed by atoms with van der Waals surface area (Å²) < 4.78 is 0. The Morgan fingerprint density at radius 3 is 0.937 bits per heavy atom. The normalized spacial score (nSPS) is 13.5. The number of hydrogen-bond donors (Lipinski definition) is 0. The molecular formula is C58H55FeNP2Pd+2. The number of nitrogens with zero attached hydrogens (tertiary/aromatic N) is 1. The van der Waals surface area contributed by atoms with Crippen LogP contribution >= 0.6 is 15.8 Å². The van der Waals surface area contributed by atoms with E-state index >= 15 is 0 Å². The number of benzene rings is 7. The van der Waals surface area contributed by atoms with Crippen molar-refractivity contribution in [3.63, 3.8) is 0 Å². The summed E-state index contributed by atoms with van der Waals surface area (Å²) in [4.78, 5) is 0. The van der Waals surface area contributed by atoms with Gasteiger partial charge in [0.2, 0.25) is 0 Å². The van der Waals surface area contributed by atoms with Crippen LogP contribution in [-0.4, -0.2) is 0 Å². The Labute approximate surface area is 408 Å². The van der Waals surface area contributed by atoms with Gasteiger partial charge in [0.25, 0.3) is 0 Å². The van der Waals surface area contributed by atoms with Crippen LogP contribution in [0.2, 0.25) is 0 Å². The average molecular weight is 990 g/mol. The molecule has 318 valence electrons. The summed E-state index contributed by atoms with van der Waals surface area (Å²) in [5.41, 5.74) is 9.01. The van der Waals surface area contributed by atoms with Crippen LogP contribution in [0, 0.1) is 82.6 Å². The van der Waals surface area contributed by atoms with Crippen molar-refractivity contribution in [1.82, 2.24) is 0 Å². The van der Waals surface area contributed by atoms with Gasteiger partial charge < -0.3 is 5.32 Å². The Balaban J connectivity index is 0.000000186. The molecule has 2 saturated carbocycles. The molecule has 0 aromatic heterocycles. The van der Waals surface area contributed by atoms with Crippen molar-refractivity contribution in [2.45, 2.75) is 40.0 Å². The molecule has 7 aromatic carbocycles. The standard InChI is InChI=1S/2C17H14P.C14H14N.C10H13.Fe.Pd/c2*1-3-9-15(10-4-1)18(17-13-7-8-14-17)16-11-5-2-6-12-16;1-11-3-7-13(8-4-11)15-14-9-5-12(2)6-10-14;1-10(2,3)9-7-5-4-6-8-9;;/h2*1-14H;3-10H,1-2H3;5-8H,1-3H3;;/q;;2*-1;2*+2. The molecule has 0 aliphatic heterocycles. The van der Waals surface area contributed by atoms with Gasteiger partial charge in [0.15, 0.2) is 0 Å². The van der Waals surface area contributed by atoms with E-state index in [9.17, 15) is 0 Å². The van der Waals surface area contributed by atoms with Crippen LogP contribution in [0.15, 0.2) is 194 Å². The van der Waals surface area contributed by atoms with Crippen molar-refractivity contribution < 1.29 is 37.5 Å². The first-order valence-corrected chi connectivity index (χ1v) is 23.5. The second-order valence-corrected chi connectivity index (χ2v) is 20.1. The quantitative estimate of drug-likeness (QED) is 0.0818.